The molecule has 0 atom stereocenters. The molecule has 1 aliphatic rings. The molecule has 1 amide bonds. The predicted octanol–water partition coefficient (Wildman–Crippen LogP) is -0.361. The van der Waals surface area contributed by atoms with Crippen LogP contribution in [0.4, 0.5) is 11.4 Å². The first-order chi connectivity index (χ1) is 8.63. The normalized spacial score (nSPS) is 16.0. The Hall–Kier alpha value is -2.44. The smallest absolute Gasteiger partial charge is 0.408 e. The number of hydrogen-bond donors (Lipinski definition) is 3. The van der Waals surface area contributed by atoms with E-state index in [2.05, 4.69) is 10.3 Å². The second-order valence-electron chi connectivity index (χ2n) is 4.19. The van der Waals surface area contributed by atoms with E-state index in [0.29, 0.717) is 29.9 Å². The van der Waals surface area contributed by atoms with Gasteiger partial charge in [-0.25, -0.2) is 4.79 Å². The predicted molar refractivity (Wildman–Crippen MR) is 66.5 cm³/mol. The van der Waals surface area contributed by atoms with Crippen molar-refractivity contribution in [2.75, 3.05) is 30.3 Å². The molecule has 0 unspecified atom stereocenters. The van der Waals surface area contributed by atoms with E-state index in [1.54, 1.807) is 12.1 Å². The molecule has 0 radical (unpaired) electrons. The molecule has 1 aromatic heterocycles. The van der Waals surface area contributed by atoms with Crippen molar-refractivity contribution in [2.24, 2.45) is 0 Å². The molecule has 0 aliphatic carbocycles. The topological polar surface area (TPSA) is 104 Å². The minimum atomic E-state index is -0.516. The summed E-state index contributed by atoms with van der Waals surface area (Å²) in [7, 11) is 0. The summed E-state index contributed by atoms with van der Waals surface area (Å²) in [6.45, 7) is 1.53. The zero-order chi connectivity index (χ0) is 12.7. The van der Waals surface area contributed by atoms with Gasteiger partial charge in [0.25, 0.3) is 0 Å². The number of aromatic amines is 1. The van der Waals surface area contributed by atoms with Crippen molar-refractivity contribution in [1.29, 1.82) is 0 Å². The molecular weight excluding hydrogens is 236 g/mol. The Bertz CT molecular complexity index is 672. The minimum absolute atomic E-state index is 0.0403. The van der Waals surface area contributed by atoms with Gasteiger partial charge in [0.05, 0.1) is 23.4 Å². The number of rotatable bonds is 1. The molecule has 2 aromatic rings. The summed E-state index contributed by atoms with van der Waals surface area (Å²) in [5, 5.41) is 2.74. The number of aromatic nitrogens is 1. The Kier molecular flexibility index (Phi) is 2.26. The SMILES string of the molecule is Nc1cc2oc(=O)[nH]c2cc1N1CCNC(=O)C1. The van der Waals surface area contributed by atoms with Gasteiger partial charge in [-0.3, -0.25) is 9.78 Å². The third-order valence-electron chi connectivity index (χ3n) is 2.95. The van der Waals surface area contributed by atoms with Gasteiger partial charge < -0.3 is 20.4 Å². The van der Waals surface area contributed by atoms with Crippen LogP contribution >= 0.6 is 0 Å². The van der Waals surface area contributed by atoms with Gasteiger partial charge in [-0.15, -0.1) is 0 Å². The van der Waals surface area contributed by atoms with E-state index in [-0.39, 0.29) is 12.5 Å². The van der Waals surface area contributed by atoms with Gasteiger partial charge in [-0.2, -0.15) is 0 Å². The minimum Gasteiger partial charge on any atom is -0.408 e. The molecule has 94 valence electrons. The van der Waals surface area contributed by atoms with Gasteiger partial charge in [0.15, 0.2) is 5.58 Å². The van der Waals surface area contributed by atoms with E-state index in [0.717, 1.165) is 5.69 Å². The highest BCUT2D eigenvalue weighted by Crippen LogP contribution is 2.28. The van der Waals surface area contributed by atoms with E-state index in [1.165, 1.54) is 0 Å². The average Bonchev–Trinajstić information content (AvgIpc) is 2.67. The van der Waals surface area contributed by atoms with Crippen LogP contribution in [0.1, 0.15) is 0 Å². The fourth-order valence-corrected chi connectivity index (χ4v) is 2.12. The number of carbonyl (C=O) groups excluding carboxylic acids is 1. The largest absolute Gasteiger partial charge is 0.417 e. The summed E-state index contributed by atoms with van der Waals surface area (Å²) in [6.07, 6.45) is 0. The van der Waals surface area contributed by atoms with Crippen LogP contribution in [-0.4, -0.2) is 30.5 Å². The van der Waals surface area contributed by atoms with Crippen LogP contribution in [0, 0.1) is 0 Å². The van der Waals surface area contributed by atoms with Crippen LogP contribution in [-0.2, 0) is 4.79 Å². The van der Waals surface area contributed by atoms with Gasteiger partial charge >= 0.3 is 5.76 Å². The van der Waals surface area contributed by atoms with Crippen molar-refractivity contribution >= 4 is 28.4 Å². The van der Waals surface area contributed by atoms with E-state index in [4.69, 9.17) is 10.2 Å². The lowest BCUT2D eigenvalue weighted by molar-refractivity contribution is -0.120. The highest BCUT2D eigenvalue weighted by molar-refractivity contribution is 5.89. The van der Waals surface area contributed by atoms with E-state index < -0.39 is 5.76 Å². The lowest BCUT2D eigenvalue weighted by Gasteiger charge is -2.29. The second-order valence-corrected chi connectivity index (χ2v) is 4.19. The van der Waals surface area contributed by atoms with Crippen molar-refractivity contribution in [1.82, 2.24) is 10.3 Å². The Labute approximate surface area is 102 Å². The molecule has 7 nitrogen and oxygen atoms in total. The number of fused-ring (bicyclic) bond motifs is 1. The number of benzene rings is 1. The lowest BCUT2D eigenvalue weighted by Crippen LogP contribution is -2.47. The third kappa shape index (κ3) is 1.69. The Morgan fingerprint density at radius 3 is 2.94 bits per heavy atom. The number of oxazole rings is 1. The molecule has 2 heterocycles. The van der Waals surface area contributed by atoms with Crippen LogP contribution in [0.5, 0.6) is 0 Å². The maximum absolute atomic E-state index is 11.4. The van der Waals surface area contributed by atoms with Crippen molar-refractivity contribution in [3.8, 4) is 0 Å². The van der Waals surface area contributed by atoms with Crippen molar-refractivity contribution in [2.45, 2.75) is 0 Å². The van der Waals surface area contributed by atoms with Gasteiger partial charge in [-0.1, -0.05) is 0 Å². The number of hydrogen-bond acceptors (Lipinski definition) is 5. The van der Waals surface area contributed by atoms with Crippen LogP contribution in [0.3, 0.4) is 0 Å². The maximum Gasteiger partial charge on any atom is 0.417 e. The van der Waals surface area contributed by atoms with Crippen LogP contribution in [0.15, 0.2) is 21.3 Å². The molecule has 1 aromatic carbocycles. The zero-order valence-electron chi connectivity index (χ0n) is 9.53. The summed E-state index contributed by atoms with van der Waals surface area (Å²) in [4.78, 5) is 26.9. The standard InChI is InChI=1S/C11H12N4O3/c12-6-3-9-7(14-11(17)18-9)4-8(6)15-2-1-13-10(16)5-15/h3-4H,1-2,5,12H2,(H,13,16)(H,14,17). The molecule has 3 rings (SSSR count). The third-order valence-corrected chi connectivity index (χ3v) is 2.95. The Morgan fingerprint density at radius 1 is 1.33 bits per heavy atom. The van der Waals surface area contributed by atoms with Gasteiger partial charge in [0.1, 0.15) is 0 Å². The van der Waals surface area contributed by atoms with Crippen molar-refractivity contribution in [3.63, 3.8) is 0 Å². The summed E-state index contributed by atoms with van der Waals surface area (Å²) in [5.74, 6) is -0.556. The molecule has 0 bridgehead atoms. The number of nitrogen functional groups attached to an aromatic ring is 1. The average molecular weight is 248 g/mol. The molecule has 18 heavy (non-hydrogen) atoms. The molecule has 1 saturated heterocycles. The van der Waals surface area contributed by atoms with Crippen molar-refractivity contribution < 1.29 is 9.21 Å². The number of nitrogens with zero attached hydrogens (tertiary/aromatic N) is 1. The lowest BCUT2D eigenvalue weighted by atomic mass is 10.2. The Balaban J connectivity index is 2.07. The summed E-state index contributed by atoms with van der Waals surface area (Å²) in [6, 6.07) is 3.32. The maximum atomic E-state index is 11.4. The first-order valence-electron chi connectivity index (χ1n) is 5.57. The number of H-pyrrole nitrogens is 1. The number of carbonyl (C=O) groups is 1. The molecule has 4 N–H and O–H groups in total. The Morgan fingerprint density at radius 2 is 2.17 bits per heavy atom. The monoisotopic (exact) mass is 248 g/mol. The van der Waals surface area contributed by atoms with Gasteiger partial charge in [0.2, 0.25) is 5.91 Å². The van der Waals surface area contributed by atoms with Crippen LogP contribution < -0.4 is 21.7 Å². The zero-order valence-corrected chi connectivity index (χ0v) is 9.53. The quantitative estimate of drug-likeness (QED) is 0.598. The van der Waals surface area contributed by atoms with E-state index >= 15 is 0 Å². The number of piperazine rings is 1. The molecule has 0 saturated carbocycles. The van der Waals surface area contributed by atoms with Gasteiger partial charge in [-0.05, 0) is 6.07 Å². The van der Waals surface area contributed by atoms with Crippen LogP contribution in [0.2, 0.25) is 0 Å². The number of nitrogens with two attached hydrogens (primary N) is 1. The summed E-state index contributed by atoms with van der Waals surface area (Å²) < 4.78 is 4.92. The van der Waals surface area contributed by atoms with Gasteiger partial charge in [0, 0.05) is 19.2 Å². The van der Waals surface area contributed by atoms with Crippen molar-refractivity contribution in [3.05, 3.63) is 22.7 Å². The van der Waals surface area contributed by atoms with E-state index in [1.807, 2.05) is 4.90 Å². The fourth-order valence-electron chi connectivity index (χ4n) is 2.12. The summed E-state index contributed by atoms with van der Waals surface area (Å²) >= 11 is 0. The number of anilines is 2. The molecule has 1 fully saturated rings. The second kappa shape index (κ2) is 3.80. The summed E-state index contributed by atoms with van der Waals surface area (Å²) in [5.41, 5.74) is 8.14. The molecule has 7 heteroatoms. The molecular formula is C11H12N4O3. The fraction of sp³-hybridized carbons (Fsp3) is 0.273. The first-order valence-corrected chi connectivity index (χ1v) is 5.57. The van der Waals surface area contributed by atoms with E-state index in [9.17, 15) is 9.59 Å². The highest BCUT2D eigenvalue weighted by Gasteiger charge is 2.19. The number of amides is 1. The number of nitrogens with one attached hydrogen (secondary N) is 2. The first kappa shape index (κ1) is 10.7. The van der Waals surface area contributed by atoms with Crippen LogP contribution in [0.25, 0.3) is 11.1 Å². The highest BCUT2D eigenvalue weighted by atomic mass is 16.4. The molecule has 1 aliphatic heterocycles. The molecule has 0 spiro atoms.